The molecule has 1 aromatic heterocycles. The van der Waals surface area contributed by atoms with Crippen molar-refractivity contribution < 1.29 is 27.5 Å². The molecule has 0 saturated heterocycles. The van der Waals surface area contributed by atoms with E-state index >= 15 is 0 Å². The molecular weight excluding hydrogens is 325 g/mol. The SMILES string of the molecule is Cc1cc([C@](C)(O)CNC(=O)Nc2cc(F)c(F)cc2F)c(C)o1. The molecule has 2 rings (SSSR count). The van der Waals surface area contributed by atoms with Crippen LogP contribution >= 0.6 is 0 Å². The van der Waals surface area contributed by atoms with Crippen LogP contribution in [-0.4, -0.2) is 17.7 Å². The van der Waals surface area contributed by atoms with Crippen molar-refractivity contribution in [3.63, 3.8) is 0 Å². The van der Waals surface area contributed by atoms with Gasteiger partial charge in [0, 0.05) is 17.7 Å². The molecular formula is C16H17F3N2O3. The molecule has 1 heterocycles. The molecule has 2 aromatic rings. The Bertz CT molecular complexity index is 772. The van der Waals surface area contributed by atoms with Crippen LogP contribution in [0.4, 0.5) is 23.7 Å². The fraction of sp³-hybridized carbons (Fsp3) is 0.312. The number of aryl methyl sites for hydroxylation is 2. The van der Waals surface area contributed by atoms with Gasteiger partial charge < -0.3 is 20.2 Å². The van der Waals surface area contributed by atoms with Gasteiger partial charge in [-0.15, -0.1) is 0 Å². The second kappa shape index (κ2) is 6.56. The summed E-state index contributed by atoms with van der Waals surface area (Å²) in [6.45, 7) is 4.67. The van der Waals surface area contributed by atoms with E-state index in [2.05, 4.69) is 10.6 Å². The number of amides is 2. The average molecular weight is 342 g/mol. The lowest BCUT2D eigenvalue weighted by molar-refractivity contribution is 0.0584. The Hall–Kier alpha value is -2.48. The van der Waals surface area contributed by atoms with Crippen LogP contribution in [0.25, 0.3) is 0 Å². The number of furan rings is 1. The Balaban J connectivity index is 2.03. The highest BCUT2D eigenvalue weighted by Crippen LogP contribution is 2.26. The molecule has 3 N–H and O–H groups in total. The lowest BCUT2D eigenvalue weighted by Crippen LogP contribution is -2.40. The maximum Gasteiger partial charge on any atom is 0.319 e. The van der Waals surface area contributed by atoms with Gasteiger partial charge >= 0.3 is 6.03 Å². The number of anilines is 1. The molecule has 1 aromatic carbocycles. The van der Waals surface area contributed by atoms with Gasteiger partial charge in [-0.3, -0.25) is 0 Å². The van der Waals surface area contributed by atoms with E-state index in [1.165, 1.54) is 6.92 Å². The molecule has 24 heavy (non-hydrogen) atoms. The van der Waals surface area contributed by atoms with Crippen molar-refractivity contribution in [3.05, 3.63) is 52.7 Å². The number of carbonyl (C=O) groups excluding carboxylic acids is 1. The second-order valence-electron chi connectivity index (χ2n) is 5.65. The third kappa shape index (κ3) is 3.88. The standard InChI is InChI=1S/C16H17F3N2O3/c1-8-4-10(9(2)24-8)16(3,23)7-20-15(22)21-14-6-12(18)11(17)5-13(14)19/h4-6,23H,7H2,1-3H3,(H2,20,21,22)/t16-/m1/s1. The zero-order chi connectivity index (χ0) is 18.1. The first-order valence-corrected chi connectivity index (χ1v) is 7.09. The minimum atomic E-state index is -1.42. The van der Waals surface area contributed by atoms with Crippen LogP contribution in [0.5, 0.6) is 0 Å². The molecule has 0 bridgehead atoms. The zero-order valence-electron chi connectivity index (χ0n) is 13.3. The quantitative estimate of drug-likeness (QED) is 0.746. The van der Waals surface area contributed by atoms with E-state index in [9.17, 15) is 23.1 Å². The Labute approximate surface area is 136 Å². The van der Waals surface area contributed by atoms with Gasteiger partial charge in [0.2, 0.25) is 0 Å². The molecule has 0 saturated carbocycles. The van der Waals surface area contributed by atoms with Crippen LogP contribution in [0.2, 0.25) is 0 Å². The number of hydrogen-bond acceptors (Lipinski definition) is 3. The van der Waals surface area contributed by atoms with Crippen molar-refractivity contribution in [3.8, 4) is 0 Å². The normalized spacial score (nSPS) is 13.5. The largest absolute Gasteiger partial charge is 0.466 e. The molecule has 0 radical (unpaired) electrons. The van der Waals surface area contributed by atoms with Gasteiger partial charge in [0.1, 0.15) is 22.9 Å². The van der Waals surface area contributed by atoms with Crippen LogP contribution < -0.4 is 10.6 Å². The van der Waals surface area contributed by atoms with Crippen LogP contribution in [0, 0.1) is 31.3 Å². The Morgan fingerprint density at radius 1 is 1.17 bits per heavy atom. The summed E-state index contributed by atoms with van der Waals surface area (Å²) in [4.78, 5) is 11.8. The van der Waals surface area contributed by atoms with E-state index in [1.807, 2.05) is 0 Å². The van der Waals surface area contributed by atoms with E-state index in [1.54, 1.807) is 19.9 Å². The first-order chi connectivity index (χ1) is 11.1. The van der Waals surface area contributed by atoms with Gasteiger partial charge in [0.25, 0.3) is 0 Å². The molecule has 0 unspecified atom stereocenters. The number of nitrogens with one attached hydrogen (secondary N) is 2. The first-order valence-electron chi connectivity index (χ1n) is 7.09. The summed E-state index contributed by atoms with van der Waals surface area (Å²) >= 11 is 0. The highest BCUT2D eigenvalue weighted by Gasteiger charge is 2.28. The topological polar surface area (TPSA) is 74.5 Å². The fourth-order valence-corrected chi connectivity index (χ4v) is 2.30. The van der Waals surface area contributed by atoms with Crippen molar-refractivity contribution in [2.24, 2.45) is 0 Å². The number of urea groups is 1. The smallest absolute Gasteiger partial charge is 0.319 e. The van der Waals surface area contributed by atoms with Crippen molar-refractivity contribution in [1.29, 1.82) is 0 Å². The molecule has 0 aliphatic carbocycles. The molecule has 0 fully saturated rings. The van der Waals surface area contributed by atoms with E-state index < -0.39 is 34.8 Å². The molecule has 1 atom stereocenters. The number of benzene rings is 1. The zero-order valence-corrected chi connectivity index (χ0v) is 13.3. The maximum atomic E-state index is 13.5. The summed E-state index contributed by atoms with van der Waals surface area (Å²) in [5, 5.41) is 14.8. The number of carbonyl (C=O) groups is 1. The van der Waals surface area contributed by atoms with Crippen LogP contribution in [0.1, 0.15) is 24.0 Å². The Kier molecular flexibility index (Phi) is 4.88. The summed E-state index contributed by atoms with van der Waals surface area (Å²) in [6.07, 6.45) is 0. The van der Waals surface area contributed by atoms with Gasteiger partial charge in [-0.1, -0.05) is 0 Å². The fourth-order valence-electron chi connectivity index (χ4n) is 2.30. The van der Waals surface area contributed by atoms with E-state index in [0.29, 0.717) is 29.2 Å². The van der Waals surface area contributed by atoms with Gasteiger partial charge in [-0.25, -0.2) is 18.0 Å². The highest BCUT2D eigenvalue weighted by atomic mass is 19.2. The van der Waals surface area contributed by atoms with Crippen molar-refractivity contribution >= 4 is 11.7 Å². The van der Waals surface area contributed by atoms with Gasteiger partial charge in [-0.05, 0) is 26.8 Å². The number of hydrogen-bond donors (Lipinski definition) is 3. The first kappa shape index (κ1) is 17.9. The third-order valence-electron chi connectivity index (χ3n) is 3.47. The molecule has 0 spiro atoms. The highest BCUT2D eigenvalue weighted by molar-refractivity contribution is 5.89. The number of aliphatic hydroxyl groups is 1. The number of rotatable bonds is 4. The van der Waals surface area contributed by atoms with E-state index in [4.69, 9.17) is 4.42 Å². The summed E-state index contributed by atoms with van der Waals surface area (Å²) in [7, 11) is 0. The van der Waals surface area contributed by atoms with Gasteiger partial charge in [0.05, 0.1) is 12.2 Å². The monoisotopic (exact) mass is 342 g/mol. The van der Waals surface area contributed by atoms with E-state index in [0.717, 1.165) is 0 Å². The van der Waals surface area contributed by atoms with Crippen molar-refractivity contribution in [2.75, 3.05) is 11.9 Å². The summed E-state index contributed by atoms with van der Waals surface area (Å²) in [5.74, 6) is -2.64. The van der Waals surface area contributed by atoms with Crippen LogP contribution in [0.15, 0.2) is 22.6 Å². The predicted molar refractivity (Wildman–Crippen MR) is 81.1 cm³/mol. The summed E-state index contributed by atoms with van der Waals surface area (Å²) < 4.78 is 44.7. The number of halogens is 3. The van der Waals surface area contributed by atoms with Gasteiger partial charge in [-0.2, -0.15) is 0 Å². The van der Waals surface area contributed by atoms with E-state index in [-0.39, 0.29) is 6.54 Å². The average Bonchev–Trinajstić information content (AvgIpc) is 2.82. The van der Waals surface area contributed by atoms with Gasteiger partial charge in [0.15, 0.2) is 11.6 Å². The van der Waals surface area contributed by atoms with Crippen molar-refractivity contribution in [1.82, 2.24) is 5.32 Å². The molecule has 5 nitrogen and oxygen atoms in total. The lowest BCUT2D eigenvalue weighted by Gasteiger charge is -2.23. The third-order valence-corrected chi connectivity index (χ3v) is 3.47. The lowest BCUT2D eigenvalue weighted by atomic mass is 9.96. The molecule has 8 heteroatoms. The van der Waals surface area contributed by atoms with Crippen LogP contribution in [0.3, 0.4) is 0 Å². The molecule has 0 aliphatic heterocycles. The van der Waals surface area contributed by atoms with Crippen LogP contribution in [-0.2, 0) is 5.60 Å². The summed E-state index contributed by atoms with van der Waals surface area (Å²) in [5.41, 5.74) is -1.44. The molecule has 2 amide bonds. The maximum absolute atomic E-state index is 13.5. The van der Waals surface area contributed by atoms with Crippen molar-refractivity contribution in [2.45, 2.75) is 26.4 Å². The minimum absolute atomic E-state index is 0.204. The predicted octanol–water partition coefficient (Wildman–Crippen LogP) is 3.34. The second-order valence-corrected chi connectivity index (χ2v) is 5.65. The summed E-state index contributed by atoms with van der Waals surface area (Å²) in [6, 6.07) is 1.63. The molecule has 0 aliphatic rings. The minimum Gasteiger partial charge on any atom is -0.466 e. The Morgan fingerprint density at radius 2 is 1.79 bits per heavy atom. The Morgan fingerprint density at radius 3 is 2.38 bits per heavy atom. The molecule has 130 valence electrons.